The van der Waals surface area contributed by atoms with Crippen LogP contribution in [0, 0.1) is 5.92 Å². The number of aliphatic hydroxyl groups excluding tert-OH is 1. The van der Waals surface area contributed by atoms with Gasteiger partial charge in [0.2, 0.25) is 0 Å². The fraction of sp³-hybridized carbons (Fsp3) is 1.00. The van der Waals surface area contributed by atoms with Gasteiger partial charge in [-0.15, -0.1) is 0 Å². The van der Waals surface area contributed by atoms with Crippen LogP contribution in [0.2, 0.25) is 0 Å². The molecule has 1 rings (SSSR count). The molecule has 2 N–H and O–H groups in total. The molecule has 0 saturated heterocycles. The van der Waals surface area contributed by atoms with Gasteiger partial charge >= 0.3 is 0 Å². The summed E-state index contributed by atoms with van der Waals surface area (Å²) in [7, 11) is 0. The molecule has 1 aliphatic rings. The third kappa shape index (κ3) is 3.44. The van der Waals surface area contributed by atoms with Crippen LogP contribution in [0.15, 0.2) is 0 Å². The highest BCUT2D eigenvalue weighted by Crippen LogP contribution is 2.37. The smallest absolute Gasteiger partial charge is 0.0616 e. The minimum absolute atomic E-state index is 0.0207. The predicted octanol–water partition coefficient (Wildman–Crippen LogP) is 1.94. The average molecular weight is 229 g/mol. The number of hydrogen-bond acceptors (Lipinski definition) is 3. The molecule has 1 aliphatic carbocycles. The minimum atomic E-state index is -0.0207. The Morgan fingerprint density at radius 2 is 2.25 bits per heavy atom. The summed E-state index contributed by atoms with van der Waals surface area (Å²) in [6.07, 6.45) is 5.77. The molecule has 3 heteroatoms. The third-order valence-electron chi connectivity index (χ3n) is 3.78. The largest absolute Gasteiger partial charge is 0.394 e. The van der Waals surface area contributed by atoms with Gasteiger partial charge in [0.25, 0.3) is 0 Å². The van der Waals surface area contributed by atoms with Gasteiger partial charge in [-0.1, -0.05) is 13.3 Å². The van der Waals surface area contributed by atoms with Crippen LogP contribution in [0.3, 0.4) is 0 Å². The van der Waals surface area contributed by atoms with Gasteiger partial charge in [-0.3, -0.25) is 0 Å². The second kappa shape index (κ2) is 7.25. The van der Waals surface area contributed by atoms with Crippen molar-refractivity contribution in [3.63, 3.8) is 0 Å². The standard InChI is InChI=1S/C13H27NO2/c1-3-9-14-13(11-15)8-5-6-12(13)7-10-16-4-2/h12,14-15H,3-11H2,1-2H3. The molecule has 16 heavy (non-hydrogen) atoms. The van der Waals surface area contributed by atoms with Crippen molar-refractivity contribution < 1.29 is 9.84 Å². The summed E-state index contributed by atoms with van der Waals surface area (Å²) in [5.41, 5.74) is -0.0207. The highest BCUT2D eigenvalue weighted by Gasteiger charge is 2.41. The Bertz CT molecular complexity index is 187. The van der Waals surface area contributed by atoms with E-state index in [1.54, 1.807) is 0 Å². The van der Waals surface area contributed by atoms with E-state index < -0.39 is 0 Å². The minimum Gasteiger partial charge on any atom is -0.394 e. The zero-order chi connectivity index (χ0) is 11.9. The molecule has 0 heterocycles. The van der Waals surface area contributed by atoms with Gasteiger partial charge in [0.05, 0.1) is 6.61 Å². The molecule has 0 radical (unpaired) electrons. The van der Waals surface area contributed by atoms with Crippen molar-refractivity contribution in [3.8, 4) is 0 Å². The first-order valence-electron chi connectivity index (χ1n) is 6.72. The van der Waals surface area contributed by atoms with E-state index >= 15 is 0 Å². The summed E-state index contributed by atoms with van der Waals surface area (Å²) in [5.74, 6) is 0.579. The Morgan fingerprint density at radius 3 is 2.88 bits per heavy atom. The van der Waals surface area contributed by atoms with Gasteiger partial charge in [-0.25, -0.2) is 0 Å². The molecule has 0 spiro atoms. The van der Waals surface area contributed by atoms with E-state index in [-0.39, 0.29) is 12.1 Å². The van der Waals surface area contributed by atoms with Crippen molar-refractivity contribution in [3.05, 3.63) is 0 Å². The summed E-state index contributed by atoms with van der Waals surface area (Å²) in [6, 6.07) is 0. The maximum absolute atomic E-state index is 9.67. The second-order valence-corrected chi connectivity index (χ2v) is 4.82. The van der Waals surface area contributed by atoms with E-state index in [1.165, 1.54) is 12.8 Å². The molecular formula is C13H27NO2. The van der Waals surface area contributed by atoms with Crippen LogP contribution in [0.5, 0.6) is 0 Å². The Balaban J connectivity index is 2.45. The number of hydrogen-bond donors (Lipinski definition) is 2. The van der Waals surface area contributed by atoms with E-state index in [0.717, 1.165) is 39.0 Å². The van der Waals surface area contributed by atoms with Gasteiger partial charge in [-0.05, 0) is 45.1 Å². The fourth-order valence-electron chi connectivity index (χ4n) is 2.81. The average Bonchev–Trinajstić information content (AvgIpc) is 2.71. The molecule has 1 fully saturated rings. The molecule has 0 aliphatic heterocycles. The second-order valence-electron chi connectivity index (χ2n) is 4.82. The Hall–Kier alpha value is -0.120. The normalized spacial score (nSPS) is 29.8. The van der Waals surface area contributed by atoms with E-state index in [1.807, 2.05) is 6.92 Å². The Kier molecular flexibility index (Phi) is 6.32. The van der Waals surface area contributed by atoms with Gasteiger partial charge in [0.1, 0.15) is 0 Å². The van der Waals surface area contributed by atoms with Crippen molar-refractivity contribution in [2.24, 2.45) is 5.92 Å². The van der Waals surface area contributed by atoms with E-state index in [4.69, 9.17) is 4.74 Å². The Morgan fingerprint density at radius 1 is 1.44 bits per heavy atom. The quantitative estimate of drug-likeness (QED) is 0.625. The van der Waals surface area contributed by atoms with Crippen molar-refractivity contribution in [1.82, 2.24) is 5.32 Å². The first-order chi connectivity index (χ1) is 7.79. The fourth-order valence-corrected chi connectivity index (χ4v) is 2.81. The molecule has 1 saturated carbocycles. The monoisotopic (exact) mass is 229 g/mol. The van der Waals surface area contributed by atoms with Crippen LogP contribution in [-0.2, 0) is 4.74 Å². The van der Waals surface area contributed by atoms with Crippen LogP contribution in [0.1, 0.15) is 46.0 Å². The van der Waals surface area contributed by atoms with E-state index in [0.29, 0.717) is 5.92 Å². The maximum atomic E-state index is 9.67. The predicted molar refractivity (Wildman–Crippen MR) is 66.6 cm³/mol. The lowest BCUT2D eigenvalue weighted by Crippen LogP contribution is -2.51. The van der Waals surface area contributed by atoms with Crippen LogP contribution < -0.4 is 5.32 Å². The van der Waals surface area contributed by atoms with Crippen molar-refractivity contribution in [1.29, 1.82) is 0 Å². The topological polar surface area (TPSA) is 41.5 Å². The molecule has 2 unspecified atom stereocenters. The first kappa shape index (κ1) is 13.9. The summed E-state index contributed by atoms with van der Waals surface area (Å²) in [5, 5.41) is 13.2. The number of rotatable bonds is 8. The molecule has 0 aromatic heterocycles. The van der Waals surface area contributed by atoms with Gasteiger partial charge in [0.15, 0.2) is 0 Å². The van der Waals surface area contributed by atoms with E-state index in [2.05, 4.69) is 12.2 Å². The summed E-state index contributed by atoms with van der Waals surface area (Å²) in [4.78, 5) is 0. The SMILES string of the molecule is CCCNC1(CO)CCCC1CCOCC. The van der Waals surface area contributed by atoms with Crippen LogP contribution in [-0.4, -0.2) is 37.0 Å². The van der Waals surface area contributed by atoms with Crippen molar-refractivity contribution in [2.75, 3.05) is 26.4 Å². The van der Waals surface area contributed by atoms with E-state index in [9.17, 15) is 5.11 Å². The third-order valence-corrected chi connectivity index (χ3v) is 3.78. The number of ether oxygens (including phenoxy) is 1. The van der Waals surface area contributed by atoms with Crippen molar-refractivity contribution >= 4 is 0 Å². The zero-order valence-corrected chi connectivity index (χ0v) is 10.8. The lowest BCUT2D eigenvalue weighted by Gasteiger charge is -2.35. The molecule has 0 bridgehead atoms. The lowest BCUT2D eigenvalue weighted by atomic mass is 9.85. The van der Waals surface area contributed by atoms with Crippen molar-refractivity contribution in [2.45, 2.75) is 51.5 Å². The molecular weight excluding hydrogens is 202 g/mol. The van der Waals surface area contributed by atoms with Crippen LogP contribution in [0.25, 0.3) is 0 Å². The molecule has 0 amide bonds. The molecule has 96 valence electrons. The van der Waals surface area contributed by atoms with Gasteiger partial charge in [-0.2, -0.15) is 0 Å². The zero-order valence-electron chi connectivity index (χ0n) is 10.8. The molecule has 0 aromatic rings. The molecule has 0 aromatic carbocycles. The highest BCUT2D eigenvalue weighted by molar-refractivity contribution is 4.98. The highest BCUT2D eigenvalue weighted by atomic mass is 16.5. The number of aliphatic hydroxyl groups is 1. The first-order valence-corrected chi connectivity index (χ1v) is 6.72. The lowest BCUT2D eigenvalue weighted by molar-refractivity contribution is 0.0837. The maximum Gasteiger partial charge on any atom is 0.0616 e. The van der Waals surface area contributed by atoms with Crippen LogP contribution in [0.4, 0.5) is 0 Å². The molecule has 3 nitrogen and oxygen atoms in total. The van der Waals surface area contributed by atoms with Gasteiger partial charge < -0.3 is 15.2 Å². The number of nitrogens with one attached hydrogen (secondary N) is 1. The molecule has 2 atom stereocenters. The van der Waals surface area contributed by atoms with Gasteiger partial charge in [0, 0.05) is 18.8 Å². The Labute approximate surface area is 99.6 Å². The summed E-state index contributed by atoms with van der Waals surface area (Å²) in [6.45, 7) is 7.10. The summed E-state index contributed by atoms with van der Waals surface area (Å²) < 4.78 is 5.43. The summed E-state index contributed by atoms with van der Waals surface area (Å²) >= 11 is 0. The van der Waals surface area contributed by atoms with Crippen LogP contribution >= 0.6 is 0 Å².